The Bertz CT molecular complexity index is 1360. The molecule has 1 fully saturated rings. The van der Waals surface area contributed by atoms with E-state index in [9.17, 15) is 4.39 Å². The van der Waals surface area contributed by atoms with Crippen LogP contribution in [0, 0.1) is 5.13 Å². The van der Waals surface area contributed by atoms with E-state index in [-0.39, 0.29) is 5.13 Å². The fourth-order valence-corrected chi connectivity index (χ4v) is 5.24. The number of nitrogens with zero attached hydrogens (tertiary/aromatic N) is 2. The maximum Gasteiger partial charge on any atom is 0.176 e. The minimum Gasteiger partial charge on any atom is -0.352 e. The van der Waals surface area contributed by atoms with Crippen molar-refractivity contribution < 1.29 is 4.39 Å². The number of fused-ring (bicyclic) bond motifs is 2. The summed E-state index contributed by atoms with van der Waals surface area (Å²) in [6.07, 6.45) is 5.93. The molecule has 6 rings (SSSR count). The van der Waals surface area contributed by atoms with E-state index >= 15 is 0 Å². The number of H-pyrrole nitrogens is 2. The normalized spacial score (nSPS) is 15.4. The molecule has 7 heteroatoms. The lowest BCUT2D eigenvalue weighted by Crippen LogP contribution is -2.26. The summed E-state index contributed by atoms with van der Waals surface area (Å²) in [5, 5.41) is 13.2. The van der Waals surface area contributed by atoms with E-state index in [4.69, 9.17) is 0 Å². The highest BCUT2D eigenvalue weighted by molar-refractivity contribution is 7.14. The van der Waals surface area contributed by atoms with Crippen LogP contribution in [0.2, 0.25) is 0 Å². The maximum atomic E-state index is 13.6. The van der Waals surface area contributed by atoms with Crippen LogP contribution >= 0.6 is 11.3 Å². The molecule has 0 unspecified atom stereocenters. The molecule has 0 radical (unpaired) electrons. The molecule has 150 valence electrons. The maximum absolute atomic E-state index is 13.6. The lowest BCUT2D eigenvalue weighted by molar-refractivity contribution is 0.460. The molecular weight excluding hydrogens is 397 g/mol. The van der Waals surface area contributed by atoms with Crippen molar-refractivity contribution in [2.45, 2.75) is 18.8 Å². The molecule has 1 saturated heterocycles. The fourth-order valence-electron chi connectivity index (χ4n) is 4.48. The SMILES string of the molecule is Fc1ccc(-c2cncc3[nH]c(-c4n[nH]c5ccc(C6CCNCC6)cc45)cc23)s1. The number of aromatic nitrogens is 4. The van der Waals surface area contributed by atoms with Crippen molar-refractivity contribution in [1.82, 2.24) is 25.5 Å². The first kappa shape index (κ1) is 17.8. The Balaban J connectivity index is 1.47. The highest BCUT2D eigenvalue weighted by Crippen LogP contribution is 2.37. The topological polar surface area (TPSA) is 69.4 Å². The van der Waals surface area contributed by atoms with Gasteiger partial charge in [-0.15, -0.1) is 11.3 Å². The van der Waals surface area contributed by atoms with Gasteiger partial charge in [0.1, 0.15) is 5.69 Å². The van der Waals surface area contributed by atoms with Crippen LogP contribution in [0.5, 0.6) is 0 Å². The highest BCUT2D eigenvalue weighted by Gasteiger charge is 2.18. The molecule has 0 amide bonds. The van der Waals surface area contributed by atoms with Gasteiger partial charge in [-0.05, 0) is 67.7 Å². The number of benzene rings is 1. The summed E-state index contributed by atoms with van der Waals surface area (Å²) in [5.41, 5.74) is 6.09. The average Bonchev–Trinajstić information content (AvgIpc) is 3.51. The minimum atomic E-state index is -0.193. The monoisotopic (exact) mass is 417 g/mol. The van der Waals surface area contributed by atoms with E-state index in [1.807, 2.05) is 6.20 Å². The standard InChI is InChI=1S/C23H20FN5S/c24-22-4-3-21(30-22)17-11-26-12-20-15(17)10-19(27-20)23-16-9-14(1-2-18(16)28-29-23)13-5-7-25-8-6-13/h1-4,9-13,25,27H,5-8H2,(H,28,29). The minimum absolute atomic E-state index is 0.193. The van der Waals surface area contributed by atoms with Crippen LogP contribution < -0.4 is 5.32 Å². The summed E-state index contributed by atoms with van der Waals surface area (Å²) in [6.45, 7) is 2.14. The predicted octanol–water partition coefficient (Wildman–Crippen LogP) is 5.44. The van der Waals surface area contributed by atoms with Gasteiger partial charge in [0.05, 0.1) is 22.9 Å². The van der Waals surface area contributed by atoms with Crippen LogP contribution in [-0.4, -0.2) is 33.3 Å². The molecule has 0 spiro atoms. The second-order valence-electron chi connectivity index (χ2n) is 7.84. The van der Waals surface area contributed by atoms with Crippen molar-refractivity contribution in [3.05, 3.63) is 59.5 Å². The first-order valence-electron chi connectivity index (χ1n) is 10.2. The number of hydrogen-bond donors (Lipinski definition) is 3. The second kappa shape index (κ2) is 7.04. The molecule has 4 aromatic heterocycles. The first-order valence-corrected chi connectivity index (χ1v) is 11.0. The van der Waals surface area contributed by atoms with Crippen molar-refractivity contribution in [3.8, 4) is 21.8 Å². The fraction of sp³-hybridized carbons (Fsp3) is 0.217. The third kappa shape index (κ3) is 2.93. The smallest absolute Gasteiger partial charge is 0.176 e. The lowest BCUT2D eigenvalue weighted by atomic mass is 9.89. The predicted molar refractivity (Wildman–Crippen MR) is 119 cm³/mol. The van der Waals surface area contributed by atoms with Crippen molar-refractivity contribution in [3.63, 3.8) is 0 Å². The summed E-state index contributed by atoms with van der Waals surface area (Å²) in [6, 6.07) is 12.0. The lowest BCUT2D eigenvalue weighted by Gasteiger charge is -2.23. The zero-order valence-corrected chi connectivity index (χ0v) is 17.0. The zero-order valence-electron chi connectivity index (χ0n) is 16.2. The third-order valence-corrected chi connectivity index (χ3v) is 6.94. The summed E-state index contributed by atoms with van der Waals surface area (Å²) in [4.78, 5) is 8.68. The second-order valence-corrected chi connectivity index (χ2v) is 8.87. The molecule has 5 aromatic rings. The van der Waals surface area contributed by atoms with Gasteiger partial charge in [-0.2, -0.15) is 9.49 Å². The summed E-state index contributed by atoms with van der Waals surface area (Å²) >= 11 is 1.14. The van der Waals surface area contributed by atoms with Gasteiger partial charge in [0, 0.05) is 27.4 Å². The van der Waals surface area contributed by atoms with Gasteiger partial charge >= 0.3 is 0 Å². The Morgan fingerprint density at radius 2 is 1.87 bits per heavy atom. The Morgan fingerprint density at radius 3 is 2.70 bits per heavy atom. The summed E-state index contributed by atoms with van der Waals surface area (Å²) in [5.74, 6) is 0.589. The Labute approximate surface area is 176 Å². The molecule has 3 N–H and O–H groups in total. The molecule has 30 heavy (non-hydrogen) atoms. The van der Waals surface area contributed by atoms with E-state index in [1.54, 1.807) is 12.3 Å². The number of thiophene rings is 1. The number of aromatic amines is 2. The van der Waals surface area contributed by atoms with E-state index in [2.05, 4.69) is 49.7 Å². The molecule has 5 nitrogen and oxygen atoms in total. The molecule has 0 aliphatic carbocycles. The Morgan fingerprint density at radius 1 is 0.967 bits per heavy atom. The summed E-state index contributed by atoms with van der Waals surface area (Å²) in [7, 11) is 0. The van der Waals surface area contributed by atoms with Crippen molar-refractivity contribution >= 4 is 33.1 Å². The quantitative estimate of drug-likeness (QED) is 0.366. The van der Waals surface area contributed by atoms with E-state index in [1.165, 1.54) is 11.6 Å². The largest absolute Gasteiger partial charge is 0.352 e. The van der Waals surface area contributed by atoms with E-state index in [0.29, 0.717) is 5.92 Å². The molecule has 1 aromatic carbocycles. The molecule has 0 atom stereocenters. The number of pyridine rings is 1. The van der Waals surface area contributed by atoms with Gasteiger partial charge in [0.2, 0.25) is 0 Å². The van der Waals surface area contributed by atoms with Crippen LogP contribution in [0.15, 0.2) is 48.8 Å². The number of halogens is 1. The molecule has 1 aliphatic heterocycles. The Hall–Kier alpha value is -3.03. The Kier molecular flexibility index (Phi) is 4.17. The van der Waals surface area contributed by atoms with Crippen LogP contribution in [-0.2, 0) is 0 Å². The summed E-state index contributed by atoms with van der Waals surface area (Å²) < 4.78 is 13.6. The van der Waals surface area contributed by atoms with Crippen molar-refractivity contribution in [2.24, 2.45) is 0 Å². The van der Waals surface area contributed by atoms with Crippen LogP contribution in [0.3, 0.4) is 0 Å². The van der Waals surface area contributed by atoms with Gasteiger partial charge in [-0.1, -0.05) is 6.07 Å². The van der Waals surface area contributed by atoms with Gasteiger partial charge in [0.25, 0.3) is 0 Å². The van der Waals surface area contributed by atoms with Gasteiger partial charge in [-0.3, -0.25) is 10.1 Å². The third-order valence-electron chi connectivity index (χ3n) is 6.04. The number of rotatable bonds is 3. The molecule has 5 heterocycles. The number of piperidine rings is 1. The van der Waals surface area contributed by atoms with Gasteiger partial charge in [-0.25, -0.2) is 0 Å². The van der Waals surface area contributed by atoms with E-state index in [0.717, 1.165) is 80.9 Å². The zero-order chi connectivity index (χ0) is 20.1. The number of nitrogens with one attached hydrogen (secondary N) is 3. The van der Waals surface area contributed by atoms with Gasteiger partial charge < -0.3 is 10.3 Å². The molecule has 0 bridgehead atoms. The molecule has 1 aliphatic rings. The van der Waals surface area contributed by atoms with Crippen LogP contribution in [0.25, 0.3) is 43.6 Å². The number of hydrogen-bond acceptors (Lipinski definition) is 4. The van der Waals surface area contributed by atoms with E-state index < -0.39 is 0 Å². The highest BCUT2D eigenvalue weighted by atomic mass is 32.1. The molecule has 0 saturated carbocycles. The van der Waals surface area contributed by atoms with Crippen LogP contribution in [0.4, 0.5) is 4.39 Å². The van der Waals surface area contributed by atoms with Gasteiger partial charge in [0.15, 0.2) is 5.13 Å². The average molecular weight is 418 g/mol. The first-order chi connectivity index (χ1) is 14.8. The van der Waals surface area contributed by atoms with Crippen molar-refractivity contribution in [2.75, 3.05) is 13.1 Å². The van der Waals surface area contributed by atoms with Crippen molar-refractivity contribution in [1.29, 1.82) is 0 Å². The van der Waals surface area contributed by atoms with Crippen LogP contribution in [0.1, 0.15) is 24.3 Å². The molecular formula is C23H20FN5S.